The number of fused-ring (bicyclic) bond motifs is 2. The minimum Gasteiger partial charge on any atom is -0.444 e. The molecule has 0 aliphatic carbocycles. The van der Waals surface area contributed by atoms with E-state index >= 15 is 0 Å². The average molecular weight is 556 g/mol. The summed E-state index contributed by atoms with van der Waals surface area (Å²) in [6.45, 7) is 7.82. The van der Waals surface area contributed by atoms with Crippen molar-refractivity contribution in [3.8, 4) is 5.88 Å². The van der Waals surface area contributed by atoms with Crippen molar-refractivity contribution in [3.05, 3.63) is 29.7 Å². The van der Waals surface area contributed by atoms with Gasteiger partial charge in [0.05, 0.1) is 11.4 Å². The Morgan fingerprint density at radius 3 is 2.32 bits per heavy atom. The molecule has 0 saturated carbocycles. The molecule has 4 N–H and O–H groups in total. The summed E-state index contributed by atoms with van der Waals surface area (Å²) >= 11 is 0. The Kier molecular flexibility index (Phi) is 8.91. The van der Waals surface area contributed by atoms with Gasteiger partial charge < -0.3 is 14.6 Å². The summed E-state index contributed by atoms with van der Waals surface area (Å²) in [4.78, 5) is 40.7. The first kappa shape index (κ1) is 30.7. The Labute approximate surface area is 212 Å². The molecule has 16 heteroatoms. The zero-order valence-electron chi connectivity index (χ0n) is 20.5. The van der Waals surface area contributed by atoms with Crippen LogP contribution in [-0.4, -0.2) is 45.4 Å². The van der Waals surface area contributed by atoms with E-state index in [4.69, 9.17) is 9.47 Å². The van der Waals surface area contributed by atoms with Crippen LogP contribution in [-0.2, 0) is 15.7 Å². The summed E-state index contributed by atoms with van der Waals surface area (Å²) in [6, 6.07) is 0.306. The Bertz CT molecular complexity index is 1100. The molecular formula is C22H26F6N4O6. The Morgan fingerprint density at radius 2 is 1.76 bits per heavy atom. The van der Waals surface area contributed by atoms with E-state index in [0.717, 1.165) is 0 Å². The molecule has 0 radical (unpaired) electrons. The Hall–Kier alpha value is -3.56. The molecule has 0 spiro atoms. The standard InChI is InChI=1S/C22H26F6N4O6/c1-11-8-6-5-7-9-20(36,22(26,27)28)17(34)32-31-15(33)14-13(29-18(35)38-19(2,3)4)10-12(21(23,24)25)16(30-14)37-11/h10,36H,1,5-9H2,2-4H3,(H,29,35)(H,31,33)(H,32,34)/t20-/m1/s1. The highest BCUT2D eigenvalue weighted by Crippen LogP contribution is 2.39. The van der Waals surface area contributed by atoms with Crippen LogP contribution in [0.5, 0.6) is 5.88 Å². The topological polar surface area (TPSA) is 139 Å². The average Bonchev–Trinajstić information content (AvgIpc) is 2.74. The van der Waals surface area contributed by atoms with Gasteiger partial charge in [-0.3, -0.25) is 25.8 Å². The van der Waals surface area contributed by atoms with Crippen molar-refractivity contribution in [2.45, 2.75) is 76.4 Å². The highest BCUT2D eigenvalue weighted by atomic mass is 19.4. The number of halogens is 6. The lowest BCUT2D eigenvalue weighted by Gasteiger charge is -2.29. The van der Waals surface area contributed by atoms with Crippen molar-refractivity contribution in [1.82, 2.24) is 15.8 Å². The number of aromatic nitrogens is 1. The van der Waals surface area contributed by atoms with E-state index in [-0.39, 0.29) is 31.4 Å². The van der Waals surface area contributed by atoms with Crippen LogP contribution < -0.4 is 20.9 Å². The molecule has 2 heterocycles. The molecule has 0 unspecified atom stereocenters. The van der Waals surface area contributed by atoms with Crippen LogP contribution in [0, 0.1) is 0 Å². The largest absolute Gasteiger partial charge is 0.444 e. The minimum absolute atomic E-state index is 0.0178. The fraction of sp³-hybridized carbons (Fsp3) is 0.545. The van der Waals surface area contributed by atoms with Crippen molar-refractivity contribution >= 4 is 23.6 Å². The predicted octanol–water partition coefficient (Wildman–Crippen LogP) is 4.36. The zero-order valence-corrected chi connectivity index (χ0v) is 20.5. The number of alkyl halides is 6. The van der Waals surface area contributed by atoms with Gasteiger partial charge in [0.1, 0.15) is 11.2 Å². The van der Waals surface area contributed by atoms with Gasteiger partial charge in [-0.25, -0.2) is 9.78 Å². The highest BCUT2D eigenvalue weighted by molar-refractivity contribution is 6.02. The fourth-order valence-corrected chi connectivity index (χ4v) is 3.19. The third-order valence-electron chi connectivity index (χ3n) is 5.01. The number of pyridine rings is 1. The second-order valence-corrected chi connectivity index (χ2v) is 9.33. The molecule has 2 rings (SSSR count). The number of hydrogen-bond acceptors (Lipinski definition) is 7. The van der Waals surface area contributed by atoms with Gasteiger partial charge in [-0.2, -0.15) is 26.3 Å². The monoisotopic (exact) mass is 556 g/mol. The van der Waals surface area contributed by atoms with Gasteiger partial charge in [0.25, 0.3) is 11.8 Å². The molecule has 212 valence electrons. The van der Waals surface area contributed by atoms with E-state index in [1.807, 2.05) is 5.32 Å². The third-order valence-corrected chi connectivity index (χ3v) is 5.01. The van der Waals surface area contributed by atoms with Crippen molar-refractivity contribution in [2.24, 2.45) is 0 Å². The number of allylic oxidation sites excluding steroid dienone is 1. The number of carbonyl (C=O) groups is 3. The molecule has 0 saturated heterocycles. The van der Waals surface area contributed by atoms with E-state index in [0.29, 0.717) is 6.07 Å². The molecule has 38 heavy (non-hydrogen) atoms. The Balaban J connectivity index is 2.60. The van der Waals surface area contributed by atoms with Crippen molar-refractivity contribution in [2.75, 3.05) is 5.32 Å². The first-order valence-electron chi connectivity index (χ1n) is 11.1. The second-order valence-electron chi connectivity index (χ2n) is 9.33. The molecule has 10 nitrogen and oxygen atoms in total. The number of nitrogens with one attached hydrogen (secondary N) is 3. The van der Waals surface area contributed by atoms with E-state index in [1.165, 1.54) is 26.2 Å². The fourth-order valence-electron chi connectivity index (χ4n) is 3.19. The van der Waals surface area contributed by atoms with E-state index < -0.39 is 70.7 Å². The summed E-state index contributed by atoms with van der Waals surface area (Å²) in [7, 11) is 0. The molecule has 1 atom stereocenters. The molecule has 0 aromatic carbocycles. The molecule has 2 bridgehead atoms. The van der Waals surface area contributed by atoms with Crippen LogP contribution in [0.4, 0.5) is 36.8 Å². The van der Waals surface area contributed by atoms with Crippen molar-refractivity contribution in [1.29, 1.82) is 0 Å². The molecule has 0 fully saturated rings. The van der Waals surface area contributed by atoms with Gasteiger partial charge >= 0.3 is 18.4 Å². The second kappa shape index (κ2) is 11.0. The van der Waals surface area contributed by atoms with Gasteiger partial charge in [0, 0.05) is 6.42 Å². The van der Waals surface area contributed by atoms with Gasteiger partial charge in [-0.1, -0.05) is 13.0 Å². The summed E-state index contributed by atoms with van der Waals surface area (Å²) in [5, 5.41) is 12.0. The summed E-state index contributed by atoms with van der Waals surface area (Å²) in [5.41, 5.74) is -5.39. The number of amides is 3. The van der Waals surface area contributed by atoms with Crippen LogP contribution >= 0.6 is 0 Å². The van der Waals surface area contributed by atoms with E-state index in [1.54, 1.807) is 5.43 Å². The number of hydrazine groups is 1. The maximum absolute atomic E-state index is 13.8. The molecule has 3 amide bonds. The number of nitrogens with zero attached hydrogens (tertiary/aromatic N) is 1. The molecule has 1 aromatic rings. The first-order valence-corrected chi connectivity index (χ1v) is 11.1. The van der Waals surface area contributed by atoms with E-state index in [2.05, 4.69) is 11.6 Å². The van der Waals surface area contributed by atoms with Gasteiger partial charge in [-0.15, -0.1) is 0 Å². The summed E-state index contributed by atoms with van der Waals surface area (Å²) in [6.07, 6.45) is -13.2. The molecule has 1 aliphatic rings. The normalized spacial score (nSPS) is 20.3. The minimum atomic E-state index is -5.42. The van der Waals surface area contributed by atoms with Gasteiger partial charge in [0.2, 0.25) is 11.5 Å². The number of ether oxygens (including phenoxy) is 2. The Morgan fingerprint density at radius 1 is 1.13 bits per heavy atom. The number of rotatable bonds is 1. The van der Waals surface area contributed by atoms with Crippen LogP contribution in [0.25, 0.3) is 0 Å². The van der Waals surface area contributed by atoms with Crippen molar-refractivity contribution < 1.29 is 55.3 Å². The molecule has 1 aromatic heterocycles. The smallest absolute Gasteiger partial charge is 0.426 e. The van der Waals surface area contributed by atoms with Crippen LogP contribution in [0.15, 0.2) is 18.4 Å². The van der Waals surface area contributed by atoms with Crippen LogP contribution in [0.3, 0.4) is 0 Å². The third kappa shape index (κ3) is 7.72. The summed E-state index contributed by atoms with van der Waals surface area (Å²) < 4.78 is 92.0. The van der Waals surface area contributed by atoms with Crippen molar-refractivity contribution in [3.63, 3.8) is 0 Å². The van der Waals surface area contributed by atoms with Gasteiger partial charge in [-0.05, 0) is 46.1 Å². The number of carbonyl (C=O) groups excluding carboxylic acids is 3. The quantitative estimate of drug-likeness (QED) is 0.377. The van der Waals surface area contributed by atoms with E-state index in [9.17, 15) is 45.8 Å². The maximum Gasteiger partial charge on any atom is 0.426 e. The lowest BCUT2D eigenvalue weighted by atomic mass is 9.94. The number of anilines is 1. The molecular weight excluding hydrogens is 530 g/mol. The van der Waals surface area contributed by atoms with Crippen LogP contribution in [0.2, 0.25) is 0 Å². The number of aliphatic hydroxyl groups is 1. The van der Waals surface area contributed by atoms with Crippen LogP contribution in [0.1, 0.15) is 68.9 Å². The highest BCUT2D eigenvalue weighted by Gasteiger charge is 2.59. The number of hydrogen-bond donors (Lipinski definition) is 4. The SMILES string of the molecule is C=C1CCCCC[C@](O)(C(F)(F)F)C(=O)NNC(=O)c2nc(c(C(F)(F)F)cc2NC(=O)OC(C)(C)C)O1. The lowest BCUT2D eigenvalue weighted by Crippen LogP contribution is -2.60. The predicted molar refractivity (Wildman–Crippen MR) is 119 cm³/mol. The molecule has 1 aliphatic heterocycles. The first-order chi connectivity index (χ1) is 17.2. The zero-order chi connectivity index (χ0) is 29.1. The summed E-state index contributed by atoms with van der Waals surface area (Å²) in [5.74, 6) is -4.97. The van der Waals surface area contributed by atoms with Gasteiger partial charge in [0.15, 0.2) is 5.69 Å². The lowest BCUT2D eigenvalue weighted by molar-refractivity contribution is -0.254. The maximum atomic E-state index is 13.8.